The van der Waals surface area contributed by atoms with E-state index in [1.165, 1.54) is 50.2 Å². The van der Waals surface area contributed by atoms with Crippen LogP contribution in [0.3, 0.4) is 0 Å². The third-order valence-electron chi connectivity index (χ3n) is 9.48. The molecule has 0 amide bonds. The SMILES string of the molecule is COc1cc(C(=O)O)c(F)cc1NS(=O)(=O)c1csc(-c2ccc(-c3ccc(C4(C)C[C@@H]5C[C@@H](C)C[C@@H](C5)C4)cc3)c(OC)c2)n1. The molecule has 0 radical (unpaired) electrons. The average molecular weight is 665 g/mol. The summed E-state index contributed by atoms with van der Waals surface area (Å²) in [4.78, 5) is 15.6. The molecule has 11 heteroatoms. The number of nitrogens with zero attached hydrogens (tertiary/aromatic N) is 1. The second-order valence-corrected chi connectivity index (χ2v) is 15.4. The number of thiazole rings is 1. The number of rotatable bonds is 9. The number of carbonyl (C=O) groups is 1. The van der Waals surface area contributed by atoms with Gasteiger partial charge in [-0.15, -0.1) is 11.3 Å². The monoisotopic (exact) mass is 664 g/mol. The zero-order valence-electron chi connectivity index (χ0n) is 26.2. The largest absolute Gasteiger partial charge is 0.496 e. The lowest BCUT2D eigenvalue weighted by atomic mass is 9.57. The van der Waals surface area contributed by atoms with Crippen LogP contribution in [0, 0.1) is 23.6 Å². The first-order valence-electron chi connectivity index (χ1n) is 15.3. The molecule has 1 aromatic heterocycles. The molecule has 1 heterocycles. The second kappa shape index (κ2) is 12.3. The van der Waals surface area contributed by atoms with Crippen LogP contribution in [-0.4, -0.2) is 38.7 Å². The fraction of sp³-hybridized carbons (Fsp3) is 0.371. The van der Waals surface area contributed by atoms with Gasteiger partial charge in [0, 0.05) is 22.6 Å². The van der Waals surface area contributed by atoms with Gasteiger partial charge in [-0.05, 0) is 84.6 Å². The summed E-state index contributed by atoms with van der Waals surface area (Å²) in [7, 11) is -1.42. The highest BCUT2D eigenvalue weighted by molar-refractivity contribution is 7.92. The summed E-state index contributed by atoms with van der Waals surface area (Å²) < 4.78 is 53.7. The van der Waals surface area contributed by atoms with E-state index >= 15 is 0 Å². The number of halogens is 1. The Balaban J connectivity index is 1.22. The highest BCUT2D eigenvalue weighted by Crippen LogP contribution is 2.51. The minimum atomic E-state index is -4.25. The lowest BCUT2D eigenvalue weighted by molar-refractivity contribution is 0.0691. The Morgan fingerprint density at radius 1 is 0.978 bits per heavy atom. The molecule has 2 bridgehead atoms. The number of anilines is 1. The molecule has 8 nitrogen and oxygen atoms in total. The zero-order chi connectivity index (χ0) is 32.8. The van der Waals surface area contributed by atoms with Crippen molar-refractivity contribution in [2.45, 2.75) is 56.4 Å². The molecule has 2 fully saturated rings. The number of nitrogens with one attached hydrogen (secondary N) is 1. The van der Waals surface area contributed by atoms with Crippen molar-refractivity contribution in [2.24, 2.45) is 17.8 Å². The maximum atomic E-state index is 14.3. The minimum absolute atomic E-state index is 0.142. The lowest BCUT2D eigenvalue weighted by Crippen LogP contribution is -2.38. The van der Waals surface area contributed by atoms with Gasteiger partial charge in [0.05, 0.1) is 25.5 Å². The van der Waals surface area contributed by atoms with E-state index in [9.17, 15) is 17.6 Å². The third-order valence-corrected chi connectivity index (χ3v) is 11.8. The maximum Gasteiger partial charge on any atom is 0.338 e. The van der Waals surface area contributed by atoms with E-state index in [-0.39, 0.29) is 21.9 Å². The van der Waals surface area contributed by atoms with Gasteiger partial charge in [-0.2, -0.15) is 8.42 Å². The van der Waals surface area contributed by atoms with Gasteiger partial charge < -0.3 is 14.6 Å². The molecule has 2 N–H and O–H groups in total. The van der Waals surface area contributed by atoms with Crippen molar-refractivity contribution in [3.05, 3.63) is 76.9 Å². The summed E-state index contributed by atoms with van der Waals surface area (Å²) in [5.74, 6) is 0.347. The van der Waals surface area contributed by atoms with Crippen LogP contribution in [0.4, 0.5) is 10.1 Å². The fourth-order valence-corrected chi connectivity index (χ4v) is 9.77. The summed E-state index contributed by atoms with van der Waals surface area (Å²) in [6.45, 7) is 4.82. The van der Waals surface area contributed by atoms with Crippen LogP contribution < -0.4 is 14.2 Å². The molecule has 0 spiro atoms. The smallest absolute Gasteiger partial charge is 0.338 e. The number of carboxylic acids is 1. The number of sulfonamides is 1. The van der Waals surface area contributed by atoms with Crippen LogP contribution >= 0.6 is 11.3 Å². The molecular weight excluding hydrogens is 628 g/mol. The van der Waals surface area contributed by atoms with Crippen molar-refractivity contribution in [1.82, 2.24) is 4.98 Å². The van der Waals surface area contributed by atoms with E-state index in [1.807, 2.05) is 18.2 Å². The van der Waals surface area contributed by atoms with Gasteiger partial charge in [-0.3, -0.25) is 4.72 Å². The average Bonchev–Trinajstić information content (AvgIpc) is 3.52. The molecular formula is C35H37FN2O6S2. The Hall–Kier alpha value is -3.96. The van der Waals surface area contributed by atoms with Crippen LogP contribution in [0.5, 0.6) is 11.5 Å². The van der Waals surface area contributed by atoms with Gasteiger partial charge in [-0.25, -0.2) is 14.2 Å². The summed E-state index contributed by atoms with van der Waals surface area (Å²) in [5.41, 5.74) is 3.32. The summed E-state index contributed by atoms with van der Waals surface area (Å²) in [6, 6.07) is 16.2. The van der Waals surface area contributed by atoms with E-state index in [0.29, 0.717) is 16.3 Å². The number of hydrogen-bond acceptors (Lipinski definition) is 7. The molecule has 3 aromatic carbocycles. The number of benzene rings is 3. The van der Waals surface area contributed by atoms with E-state index in [2.05, 4.69) is 47.8 Å². The Morgan fingerprint density at radius 3 is 2.26 bits per heavy atom. The van der Waals surface area contributed by atoms with Crippen molar-refractivity contribution >= 4 is 33.0 Å². The topological polar surface area (TPSA) is 115 Å². The van der Waals surface area contributed by atoms with Gasteiger partial charge >= 0.3 is 5.97 Å². The minimum Gasteiger partial charge on any atom is -0.496 e. The van der Waals surface area contributed by atoms with Gasteiger partial charge in [0.25, 0.3) is 10.0 Å². The molecule has 2 aliphatic carbocycles. The van der Waals surface area contributed by atoms with Crippen molar-refractivity contribution < 1.29 is 32.2 Å². The predicted molar refractivity (Wildman–Crippen MR) is 177 cm³/mol. The molecule has 2 aliphatic rings. The highest BCUT2D eigenvalue weighted by Gasteiger charge is 2.41. The number of carboxylic acid groups (broad SMARTS) is 1. The van der Waals surface area contributed by atoms with E-state index in [1.54, 1.807) is 7.11 Å². The summed E-state index contributed by atoms with van der Waals surface area (Å²) in [5, 5.41) is 10.7. The molecule has 46 heavy (non-hydrogen) atoms. The first kappa shape index (κ1) is 32.0. The lowest BCUT2D eigenvalue weighted by Gasteiger charge is -2.47. The molecule has 4 aromatic rings. The maximum absolute atomic E-state index is 14.3. The van der Waals surface area contributed by atoms with Crippen LogP contribution in [0.2, 0.25) is 0 Å². The van der Waals surface area contributed by atoms with Crippen molar-refractivity contribution in [1.29, 1.82) is 0 Å². The summed E-state index contributed by atoms with van der Waals surface area (Å²) >= 11 is 1.14. The second-order valence-electron chi connectivity index (χ2n) is 12.9. The van der Waals surface area contributed by atoms with Crippen molar-refractivity contribution in [3.63, 3.8) is 0 Å². The molecule has 6 rings (SSSR count). The molecule has 242 valence electrons. The number of aromatic nitrogens is 1. The zero-order valence-corrected chi connectivity index (χ0v) is 27.8. The predicted octanol–water partition coefficient (Wildman–Crippen LogP) is 8.24. The Morgan fingerprint density at radius 2 is 1.63 bits per heavy atom. The first-order chi connectivity index (χ1) is 21.9. The molecule has 1 unspecified atom stereocenters. The van der Waals surface area contributed by atoms with Crippen LogP contribution in [0.15, 0.2) is 65.0 Å². The standard InChI is InChI=1S/C35H37FN2O6S2/c1-20-11-21-13-22(12-20)18-35(2,17-21)25-8-5-23(6-9-25)26-10-7-24(14-30(26)43-3)33-37-32(19-45-33)46(41,42)38-29-16-28(36)27(34(39)40)15-31(29)44-4/h5-10,14-16,19-22,38H,11-13,17-18H2,1-4H3,(H,39,40)/t20-,21-,22+,35?. The third kappa shape index (κ3) is 6.22. The van der Waals surface area contributed by atoms with Crippen LogP contribution in [0.25, 0.3) is 21.7 Å². The number of methoxy groups -OCH3 is 2. The van der Waals surface area contributed by atoms with Gasteiger partial charge in [-0.1, -0.05) is 44.2 Å². The number of fused-ring (bicyclic) bond motifs is 2. The van der Waals surface area contributed by atoms with Crippen LogP contribution in [-0.2, 0) is 15.4 Å². The number of ether oxygens (including phenoxy) is 2. The quantitative estimate of drug-likeness (QED) is 0.185. The van der Waals surface area contributed by atoms with E-state index in [0.717, 1.165) is 52.4 Å². The van der Waals surface area contributed by atoms with Crippen LogP contribution in [0.1, 0.15) is 61.9 Å². The van der Waals surface area contributed by atoms with Gasteiger partial charge in [0.2, 0.25) is 0 Å². The number of aromatic carboxylic acids is 1. The molecule has 2 saturated carbocycles. The molecule has 0 aliphatic heterocycles. The first-order valence-corrected chi connectivity index (χ1v) is 17.6. The normalized spacial score (nSPS) is 22.7. The number of hydrogen-bond donors (Lipinski definition) is 2. The Bertz CT molecular complexity index is 1870. The van der Waals surface area contributed by atoms with Gasteiger partial charge in [0.1, 0.15) is 22.3 Å². The summed E-state index contributed by atoms with van der Waals surface area (Å²) in [6.07, 6.45) is 6.55. The van der Waals surface area contributed by atoms with Crippen molar-refractivity contribution in [3.8, 4) is 33.2 Å². The van der Waals surface area contributed by atoms with Crippen molar-refractivity contribution in [2.75, 3.05) is 18.9 Å². The van der Waals surface area contributed by atoms with E-state index < -0.39 is 27.4 Å². The Kier molecular flexibility index (Phi) is 8.58. The Labute approximate surface area is 272 Å². The van der Waals surface area contributed by atoms with Gasteiger partial charge in [0.15, 0.2) is 5.03 Å². The van der Waals surface area contributed by atoms with E-state index in [4.69, 9.17) is 14.6 Å². The highest BCUT2D eigenvalue weighted by atomic mass is 32.2. The molecule has 0 saturated heterocycles. The fourth-order valence-electron chi connectivity index (χ4n) is 7.62. The molecule has 4 atom stereocenters.